The molecule has 1 saturated heterocycles. The fraction of sp³-hybridized carbons (Fsp3) is 0.342. The number of benzene rings is 3. The monoisotopic (exact) mass is 603 g/mol. The lowest BCUT2D eigenvalue weighted by molar-refractivity contribution is -0.133. The molecule has 3 aromatic carbocycles. The number of fused-ring (bicyclic) bond motifs is 1. The summed E-state index contributed by atoms with van der Waals surface area (Å²) in [5.41, 5.74) is 5.13. The van der Waals surface area contributed by atoms with Gasteiger partial charge in [-0.05, 0) is 66.0 Å². The van der Waals surface area contributed by atoms with Crippen LogP contribution >= 0.6 is 0 Å². The van der Waals surface area contributed by atoms with Gasteiger partial charge in [0.15, 0.2) is 0 Å². The molecule has 0 bridgehead atoms. The Kier molecular flexibility index (Phi) is 9.67. The number of carbonyl (C=O) groups excluding carboxylic acids is 2. The molecule has 4 aromatic rings. The molecule has 7 heteroatoms. The fourth-order valence-corrected chi connectivity index (χ4v) is 7.09. The summed E-state index contributed by atoms with van der Waals surface area (Å²) in [6, 6.07) is 31.1. The van der Waals surface area contributed by atoms with Crippen LogP contribution in [0.1, 0.15) is 46.7 Å². The van der Waals surface area contributed by atoms with E-state index < -0.39 is 24.2 Å². The number of nitrogens with zero attached hydrogens (tertiary/aromatic N) is 2. The number of carbonyl (C=O) groups is 2. The standard InChI is InChI=1S/C38H41N3O4/c42-33(25-41-32(20-27-12-5-2-6-13-27)21-31(38(41)45)19-28-14-9-17-39-24-28)22-30(18-26-10-3-1-4-11-26)37(44)40-36-34-16-8-7-15-29(34)23-35(36)43/h1-17,24,30-33,35-36,42-43H,18-23,25H2,(H,40,44)/t30-,31-,32+,33+,35-,36+/m1/s1. The quantitative estimate of drug-likeness (QED) is 0.222. The van der Waals surface area contributed by atoms with Gasteiger partial charge in [-0.15, -0.1) is 0 Å². The van der Waals surface area contributed by atoms with Crippen LogP contribution < -0.4 is 5.32 Å². The molecule has 1 aliphatic carbocycles. The highest BCUT2D eigenvalue weighted by molar-refractivity contribution is 5.82. The zero-order valence-electron chi connectivity index (χ0n) is 25.4. The molecule has 0 saturated carbocycles. The van der Waals surface area contributed by atoms with Crippen LogP contribution in [0.2, 0.25) is 0 Å². The Hall–Kier alpha value is -4.33. The summed E-state index contributed by atoms with van der Waals surface area (Å²) in [6.45, 7) is 0.160. The molecule has 0 radical (unpaired) electrons. The van der Waals surface area contributed by atoms with Crippen LogP contribution in [-0.4, -0.2) is 56.7 Å². The third kappa shape index (κ3) is 7.49. The number of rotatable bonds is 12. The number of likely N-dealkylation sites (tertiary alicyclic amines) is 1. The summed E-state index contributed by atoms with van der Waals surface area (Å²) in [6.07, 6.45) is 5.08. The molecular weight excluding hydrogens is 562 g/mol. The van der Waals surface area contributed by atoms with E-state index in [1.54, 1.807) is 6.20 Å². The smallest absolute Gasteiger partial charge is 0.226 e. The molecule has 1 aromatic heterocycles. The second-order valence-electron chi connectivity index (χ2n) is 12.6. The van der Waals surface area contributed by atoms with Crippen molar-refractivity contribution in [2.45, 2.75) is 62.8 Å². The average molecular weight is 604 g/mol. The van der Waals surface area contributed by atoms with Gasteiger partial charge in [0.2, 0.25) is 11.8 Å². The van der Waals surface area contributed by atoms with Crippen LogP contribution in [-0.2, 0) is 35.3 Å². The molecule has 0 spiro atoms. The highest BCUT2D eigenvalue weighted by atomic mass is 16.3. The number of amides is 2. The number of β-amino-alcohol motifs (C(OH)–C–C–N with tert-alkyl or cyclic N) is 1. The number of hydrogen-bond acceptors (Lipinski definition) is 5. The van der Waals surface area contributed by atoms with Gasteiger partial charge in [-0.2, -0.15) is 0 Å². The van der Waals surface area contributed by atoms with E-state index in [1.165, 1.54) is 0 Å². The Balaban J connectivity index is 1.18. The van der Waals surface area contributed by atoms with Crippen molar-refractivity contribution < 1.29 is 19.8 Å². The van der Waals surface area contributed by atoms with Crippen molar-refractivity contribution in [2.24, 2.45) is 11.8 Å². The summed E-state index contributed by atoms with van der Waals surface area (Å²) < 4.78 is 0. The number of pyridine rings is 1. The average Bonchev–Trinajstić information content (AvgIpc) is 3.52. The number of nitrogens with one attached hydrogen (secondary N) is 1. The molecule has 45 heavy (non-hydrogen) atoms. The van der Waals surface area contributed by atoms with Crippen LogP contribution in [0.3, 0.4) is 0 Å². The number of aliphatic hydroxyl groups excluding tert-OH is 2. The summed E-state index contributed by atoms with van der Waals surface area (Å²) in [4.78, 5) is 33.7. The molecule has 2 heterocycles. The topological polar surface area (TPSA) is 103 Å². The van der Waals surface area contributed by atoms with Gasteiger partial charge < -0.3 is 20.4 Å². The van der Waals surface area contributed by atoms with E-state index in [9.17, 15) is 19.8 Å². The van der Waals surface area contributed by atoms with Gasteiger partial charge in [-0.3, -0.25) is 14.6 Å². The maximum atomic E-state index is 13.8. The molecule has 2 amide bonds. The third-order valence-electron chi connectivity index (χ3n) is 9.31. The SMILES string of the molecule is O=C(N[C@H]1c2ccccc2C[C@H]1O)[C@H](Cc1ccccc1)C[C@H](O)CN1C(=O)[C@H](Cc2cccnc2)C[C@@H]1Cc1ccccc1. The van der Waals surface area contributed by atoms with Crippen LogP contribution in [0.15, 0.2) is 109 Å². The van der Waals surface area contributed by atoms with Crippen molar-refractivity contribution in [1.29, 1.82) is 0 Å². The second-order valence-corrected chi connectivity index (χ2v) is 12.6. The second kappa shape index (κ2) is 14.2. The first-order valence-corrected chi connectivity index (χ1v) is 16.0. The number of aromatic nitrogens is 1. The lowest BCUT2D eigenvalue weighted by atomic mass is 9.91. The lowest BCUT2D eigenvalue weighted by Crippen LogP contribution is -2.43. The fourth-order valence-electron chi connectivity index (χ4n) is 7.09. The van der Waals surface area contributed by atoms with Gasteiger partial charge in [0, 0.05) is 43.2 Å². The first-order valence-electron chi connectivity index (χ1n) is 16.0. The van der Waals surface area contributed by atoms with E-state index in [2.05, 4.69) is 22.4 Å². The minimum absolute atomic E-state index is 0.0357. The molecule has 6 atom stereocenters. The van der Waals surface area contributed by atoms with Gasteiger partial charge in [0.25, 0.3) is 0 Å². The number of aliphatic hydroxyl groups is 2. The zero-order valence-corrected chi connectivity index (χ0v) is 25.4. The Morgan fingerprint density at radius 3 is 2.31 bits per heavy atom. The molecular formula is C38H41N3O4. The molecule has 1 aliphatic heterocycles. The van der Waals surface area contributed by atoms with E-state index in [0.29, 0.717) is 32.1 Å². The summed E-state index contributed by atoms with van der Waals surface area (Å²) in [5, 5.41) is 25.4. The predicted molar refractivity (Wildman–Crippen MR) is 173 cm³/mol. The molecule has 2 aliphatic rings. The summed E-state index contributed by atoms with van der Waals surface area (Å²) >= 11 is 0. The van der Waals surface area contributed by atoms with Gasteiger partial charge in [0.1, 0.15) is 0 Å². The molecule has 6 rings (SSSR count). The maximum Gasteiger partial charge on any atom is 0.226 e. The zero-order chi connectivity index (χ0) is 31.2. The lowest BCUT2D eigenvalue weighted by Gasteiger charge is -2.29. The third-order valence-corrected chi connectivity index (χ3v) is 9.31. The van der Waals surface area contributed by atoms with Gasteiger partial charge in [0.05, 0.1) is 18.2 Å². The van der Waals surface area contributed by atoms with Crippen LogP contribution in [0, 0.1) is 11.8 Å². The van der Waals surface area contributed by atoms with E-state index in [0.717, 1.165) is 27.8 Å². The predicted octanol–water partition coefficient (Wildman–Crippen LogP) is 4.47. The van der Waals surface area contributed by atoms with E-state index >= 15 is 0 Å². The maximum absolute atomic E-state index is 13.8. The minimum atomic E-state index is -0.899. The molecule has 3 N–H and O–H groups in total. The largest absolute Gasteiger partial charge is 0.391 e. The first kappa shape index (κ1) is 30.7. The van der Waals surface area contributed by atoms with Crippen molar-refractivity contribution in [3.8, 4) is 0 Å². The van der Waals surface area contributed by atoms with Gasteiger partial charge >= 0.3 is 0 Å². The first-order chi connectivity index (χ1) is 21.9. The van der Waals surface area contributed by atoms with E-state index in [1.807, 2.05) is 96.0 Å². The van der Waals surface area contributed by atoms with Gasteiger partial charge in [-0.25, -0.2) is 0 Å². The molecule has 7 nitrogen and oxygen atoms in total. The molecule has 0 unspecified atom stereocenters. The van der Waals surface area contributed by atoms with Crippen molar-refractivity contribution in [3.63, 3.8) is 0 Å². The van der Waals surface area contributed by atoms with Gasteiger partial charge in [-0.1, -0.05) is 91.0 Å². The molecule has 232 valence electrons. The van der Waals surface area contributed by atoms with Crippen LogP contribution in [0.5, 0.6) is 0 Å². The van der Waals surface area contributed by atoms with Crippen LogP contribution in [0.25, 0.3) is 0 Å². The summed E-state index contributed by atoms with van der Waals surface area (Å²) in [5.74, 6) is -0.906. The Morgan fingerprint density at radius 1 is 0.889 bits per heavy atom. The van der Waals surface area contributed by atoms with E-state index in [-0.39, 0.29) is 36.7 Å². The van der Waals surface area contributed by atoms with Crippen molar-refractivity contribution >= 4 is 11.8 Å². The Labute approximate surface area is 265 Å². The highest BCUT2D eigenvalue weighted by Gasteiger charge is 2.41. The normalized spacial score (nSPS) is 22.2. The highest BCUT2D eigenvalue weighted by Crippen LogP contribution is 2.33. The van der Waals surface area contributed by atoms with Crippen molar-refractivity contribution in [3.05, 3.63) is 137 Å². The van der Waals surface area contributed by atoms with Crippen molar-refractivity contribution in [1.82, 2.24) is 15.2 Å². The Bertz CT molecular complexity index is 1570. The summed E-state index contributed by atoms with van der Waals surface area (Å²) in [7, 11) is 0. The van der Waals surface area contributed by atoms with Crippen LogP contribution in [0.4, 0.5) is 0 Å². The van der Waals surface area contributed by atoms with Crippen molar-refractivity contribution in [2.75, 3.05) is 6.54 Å². The minimum Gasteiger partial charge on any atom is -0.391 e. The Morgan fingerprint density at radius 2 is 1.58 bits per heavy atom. The number of hydrogen-bond donors (Lipinski definition) is 3. The van der Waals surface area contributed by atoms with E-state index in [4.69, 9.17) is 0 Å². The molecule has 1 fully saturated rings.